The van der Waals surface area contributed by atoms with Crippen LogP contribution in [0.4, 0.5) is 24.7 Å². The van der Waals surface area contributed by atoms with Crippen LogP contribution in [0.2, 0.25) is 0 Å². The van der Waals surface area contributed by atoms with E-state index >= 15 is 0 Å². The highest BCUT2D eigenvalue weighted by molar-refractivity contribution is 6.07. The number of anilines is 2. The van der Waals surface area contributed by atoms with Crippen molar-refractivity contribution in [2.45, 2.75) is 38.5 Å². The van der Waals surface area contributed by atoms with Gasteiger partial charge in [0.05, 0.1) is 26.5 Å². The number of methoxy groups -OCH3 is 2. The number of hydrogen-bond acceptors (Lipinski definition) is 5. The van der Waals surface area contributed by atoms with Gasteiger partial charge in [0.1, 0.15) is 11.4 Å². The number of ether oxygens (including phenoxy) is 2. The monoisotopic (exact) mass is 474 g/mol. The number of nitrogens with zero attached hydrogens (tertiary/aromatic N) is 2. The minimum atomic E-state index is -4.56. The maximum atomic E-state index is 14.0. The van der Waals surface area contributed by atoms with Crippen molar-refractivity contribution in [3.8, 4) is 11.5 Å². The number of carbonyl (C=O) groups is 1. The third-order valence-corrected chi connectivity index (χ3v) is 5.77. The first-order valence-corrected chi connectivity index (χ1v) is 10.6. The lowest BCUT2D eigenvalue weighted by Gasteiger charge is -2.34. The second-order valence-corrected chi connectivity index (χ2v) is 8.29. The van der Waals surface area contributed by atoms with Crippen molar-refractivity contribution in [3.05, 3.63) is 64.8 Å². The fraction of sp³-hybridized carbons (Fsp3) is 0.333. The van der Waals surface area contributed by atoms with Gasteiger partial charge < -0.3 is 20.1 Å². The zero-order valence-corrected chi connectivity index (χ0v) is 19.2. The maximum Gasteiger partial charge on any atom is 0.410 e. The molecule has 0 unspecified atom stereocenters. The van der Waals surface area contributed by atoms with Gasteiger partial charge in [0.2, 0.25) is 0 Å². The van der Waals surface area contributed by atoms with Gasteiger partial charge in [-0.25, -0.2) is 4.68 Å². The van der Waals surface area contributed by atoms with Crippen LogP contribution in [0.25, 0.3) is 0 Å². The molecule has 0 spiro atoms. The van der Waals surface area contributed by atoms with E-state index in [9.17, 15) is 18.0 Å². The molecule has 34 heavy (non-hydrogen) atoms. The molecule has 4 rings (SSSR count). The van der Waals surface area contributed by atoms with Crippen molar-refractivity contribution < 1.29 is 27.4 Å². The normalized spacial score (nSPS) is 17.5. The molecule has 1 amide bonds. The van der Waals surface area contributed by atoms with E-state index in [0.29, 0.717) is 22.7 Å². The molecule has 180 valence electrons. The standard InChI is InChI=1S/C24H25F3N4O3/c1-13-7-14(2)9-16(8-13)29-23(32)17-12-28-31-21(24(25,26)27)11-18(30-22(17)31)15-5-6-19(33-3)20(10-15)34-4/h5-10,12,18,21,30H,11H2,1-4H3,(H,29,32)/t18-,21-/m1/s1. The molecule has 2 heterocycles. The molecule has 0 saturated heterocycles. The zero-order chi connectivity index (χ0) is 24.6. The Morgan fingerprint density at radius 2 is 1.76 bits per heavy atom. The van der Waals surface area contributed by atoms with Gasteiger partial charge in [0, 0.05) is 12.1 Å². The van der Waals surface area contributed by atoms with E-state index in [2.05, 4.69) is 15.7 Å². The van der Waals surface area contributed by atoms with Crippen LogP contribution in [-0.4, -0.2) is 36.1 Å². The summed E-state index contributed by atoms with van der Waals surface area (Å²) in [4.78, 5) is 13.0. The van der Waals surface area contributed by atoms with E-state index in [0.717, 1.165) is 22.0 Å². The van der Waals surface area contributed by atoms with Crippen molar-refractivity contribution in [1.29, 1.82) is 0 Å². The van der Waals surface area contributed by atoms with E-state index < -0.39 is 24.2 Å². The van der Waals surface area contributed by atoms with Crippen molar-refractivity contribution in [1.82, 2.24) is 9.78 Å². The predicted molar refractivity (Wildman–Crippen MR) is 122 cm³/mol. The second kappa shape index (κ2) is 8.92. The summed E-state index contributed by atoms with van der Waals surface area (Å²) in [5, 5.41) is 9.77. The average molecular weight is 474 g/mol. The number of rotatable bonds is 5. The molecule has 10 heteroatoms. The zero-order valence-electron chi connectivity index (χ0n) is 19.2. The Morgan fingerprint density at radius 1 is 1.09 bits per heavy atom. The molecule has 1 aliphatic rings. The Labute approximate surface area is 194 Å². The fourth-order valence-corrected chi connectivity index (χ4v) is 4.26. The molecule has 1 aliphatic heterocycles. The number of carbonyl (C=O) groups excluding carboxylic acids is 1. The molecule has 2 N–H and O–H groups in total. The molecule has 2 aromatic carbocycles. The third-order valence-electron chi connectivity index (χ3n) is 5.77. The van der Waals surface area contributed by atoms with E-state index in [1.54, 1.807) is 30.3 Å². The number of amides is 1. The van der Waals surface area contributed by atoms with Crippen molar-refractivity contribution in [2.24, 2.45) is 0 Å². The summed E-state index contributed by atoms with van der Waals surface area (Å²) >= 11 is 0. The minimum Gasteiger partial charge on any atom is -0.493 e. The van der Waals surface area contributed by atoms with Crippen LogP contribution in [-0.2, 0) is 0 Å². The van der Waals surface area contributed by atoms with Gasteiger partial charge in [0.25, 0.3) is 5.91 Å². The molecule has 7 nitrogen and oxygen atoms in total. The summed E-state index contributed by atoms with van der Waals surface area (Å²) in [6.45, 7) is 3.79. The topological polar surface area (TPSA) is 77.4 Å². The van der Waals surface area contributed by atoms with Crippen LogP contribution < -0.4 is 20.1 Å². The number of hydrogen-bond donors (Lipinski definition) is 2. The number of aromatic nitrogens is 2. The smallest absolute Gasteiger partial charge is 0.410 e. The predicted octanol–water partition coefficient (Wildman–Crippen LogP) is 5.43. The maximum absolute atomic E-state index is 14.0. The molecular weight excluding hydrogens is 449 g/mol. The number of benzene rings is 2. The quantitative estimate of drug-likeness (QED) is 0.516. The summed E-state index contributed by atoms with van der Waals surface area (Å²) in [6, 6.07) is 7.85. The summed E-state index contributed by atoms with van der Waals surface area (Å²) in [5.41, 5.74) is 3.06. The summed E-state index contributed by atoms with van der Waals surface area (Å²) < 4.78 is 53.3. The van der Waals surface area contributed by atoms with Crippen LogP contribution in [0.3, 0.4) is 0 Å². The second-order valence-electron chi connectivity index (χ2n) is 8.29. The van der Waals surface area contributed by atoms with Gasteiger partial charge in [-0.3, -0.25) is 4.79 Å². The molecule has 0 fully saturated rings. The highest BCUT2D eigenvalue weighted by atomic mass is 19.4. The first kappa shape index (κ1) is 23.5. The Bertz CT molecular complexity index is 1200. The first-order valence-electron chi connectivity index (χ1n) is 10.6. The molecule has 0 aliphatic carbocycles. The third kappa shape index (κ3) is 4.52. The van der Waals surface area contributed by atoms with Gasteiger partial charge in [-0.05, 0) is 54.8 Å². The number of alkyl halides is 3. The van der Waals surface area contributed by atoms with E-state index in [1.165, 1.54) is 14.2 Å². The Balaban J connectivity index is 1.70. The molecule has 0 radical (unpaired) electrons. The number of fused-ring (bicyclic) bond motifs is 1. The van der Waals surface area contributed by atoms with Crippen molar-refractivity contribution in [2.75, 3.05) is 24.9 Å². The highest BCUT2D eigenvalue weighted by Gasteiger charge is 2.47. The van der Waals surface area contributed by atoms with Crippen LogP contribution >= 0.6 is 0 Å². The highest BCUT2D eigenvalue weighted by Crippen LogP contribution is 2.45. The summed E-state index contributed by atoms with van der Waals surface area (Å²) in [6.07, 6.45) is -3.69. The molecule has 1 aromatic heterocycles. The van der Waals surface area contributed by atoms with E-state index in [1.807, 2.05) is 19.9 Å². The first-order chi connectivity index (χ1) is 16.1. The fourth-order valence-electron chi connectivity index (χ4n) is 4.26. The largest absolute Gasteiger partial charge is 0.493 e. The molecule has 0 saturated carbocycles. The van der Waals surface area contributed by atoms with Gasteiger partial charge >= 0.3 is 6.18 Å². The minimum absolute atomic E-state index is 0.00948. The molecule has 3 aromatic rings. The lowest BCUT2D eigenvalue weighted by atomic mass is 9.96. The van der Waals surface area contributed by atoms with Crippen molar-refractivity contribution in [3.63, 3.8) is 0 Å². The Kier molecular flexibility index (Phi) is 6.16. The number of nitrogens with one attached hydrogen (secondary N) is 2. The van der Waals surface area contributed by atoms with Crippen LogP contribution in [0.5, 0.6) is 11.5 Å². The van der Waals surface area contributed by atoms with E-state index in [-0.39, 0.29) is 17.8 Å². The molecular formula is C24H25F3N4O3. The Hall–Kier alpha value is -3.69. The van der Waals surface area contributed by atoms with Crippen LogP contribution in [0.15, 0.2) is 42.6 Å². The van der Waals surface area contributed by atoms with Crippen LogP contribution in [0, 0.1) is 13.8 Å². The summed E-state index contributed by atoms with van der Waals surface area (Å²) in [7, 11) is 2.94. The summed E-state index contributed by atoms with van der Waals surface area (Å²) in [5.74, 6) is 0.327. The Morgan fingerprint density at radius 3 is 2.38 bits per heavy atom. The SMILES string of the molecule is COc1ccc([C@H]2C[C@H](C(F)(F)F)n3ncc(C(=O)Nc4cc(C)cc(C)c4)c3N2)cc1OC. The molecule has 2 atom stereocenters. The average Bonchev–Trinajstić information content (AvgIpc) is 3.20. The van der Waals surface area contributed by atoms with Gasteiger partial charge in [0.15, 0.2) is 17.5 Å². The van der Waals surface area contributed by atoms with Crippen molar-refractivity contribution >= 4 is 17.4 Å². The number of halogens is 3. The number of aryl methyl sites for hydroxylation is 2. The molecule has 0 bridgehead atoms. The van der Waals surface area contributed by atoms with Crippen LogP contribution in [0.1, 0.15) is 45.6 Å². The lowest BCUT2D eigenvalue weighted by molar-refractivity contribution is -0.173. The van der Waals surface area contributed by atoms with Gasteiger partial charge in [-0.1, -0.05) is 12.1 Å². The van der Waals surface area contributed by atoms with E-state index in [4.69, 9.17) is 9.47 Å². The van der Waals surface area contributed by atoms with Gasteiger partial charge in [-0.15, -0.1) is 0 Å². The lowest BCUT2D eigenvalue weighted by Crippen LogP contribution is -2.36. The van der Waals surface area contributed by atoms with Gasteiger partial charge in [-0.2, -0.15) is 18.3 Å².